The van der Waals surface area contributed by atoms with Crippen molar-refractivity contribution in [2.24, 2.45) is 0 Å². The molecule has 0 saturated carbocycles. The van der Waals surface area contributed by atoms with E-state index < -0.39 is 11.7 Å². The number of nitrogens with zero attached hydrogens (tertiary/aromatic N) is 1. The molecule has 2 N–H and O–H groups in total. The molecule has 0 amide bonds. The molecule has 0 radical (unpaired) electrons. The molecule has 1 unspecified atom stereocenters. The first-order valence-corrected chi connectivity index (χ1v) is 7.22. The summed E-state index contributed by atoms with van der Waals surface area (Å²) >= 11 is 0. The molecule has 1 heterocycles. The Kier molecular flexibility index (Phi) is 4.98. The summed E-state index contributed by atoms with van der Waals surface area (Å²) in [6, 6.07) is 6.91. The highest BCUT2D eigenvalue weighted by Crippen LogP contribution is 2.28. The van der Waals surface area contributed by atoms with Crippen molar-refractivity contribution in [2.75, 3.05) is 24.6 Å². The Labute approximate surface area is 123 Å². The number of rotatable bonds is 6. The molecule has 1 atom stereocenters. The third-order valence-corrected chi connectivity index (χ3v) is 3.65. The largest absolute Gasteiger partial charge is 0.423 e. The lowest BCUT2D eigenvalue weighted by molar-refractivity contribution is 0.135. The van der Waals surface area contributed by atoms with Crippen molar-refractivity contribution in [1.82, 2.24) is 0 Å². The van der Waals surface area contributed by atoms with Crippen molar-refractivity contribution in [3.8, 4) is 0 Å². The summed E-state index contributed by atoms with van der Waals surface area (Å²) < 4.78 is 5.25. The van der Waals surface area contributed by atoms with Crippen molar-refractivity contribution >= 4 is 16.7 Å². The molecule has 21 heavy (non-hydrogen) atoms. The van der Waals surface area contributed by atoms with E-state index in [0.717, 1.165) is 18.8 Å². The summed E-state index contributed by atoms with van der Waals surface area (Å²) in [6.45, 7) is 5.70. The van der Waals surface area contributed by atoms with E-state index in [4.69, 9.17) is 9.52 Å². The predicted molar refractivity (Wildman–Crippen MR) is 82.7 cm³/mol. The predicted octanol–water partition coefficient (Wildman–Crippen LogP) is 2.05. The Bertz CT molecular complexity index is 661. The number of fused-ring (bicyclic) bond motifs is 1. The molecule has 0 bridgehead atoms. The molecular formula is C16H21NO4. The minimum atomic E-state index is -0.874. The maximum atomic E-state index is 11.7. The first-order chi connectivity index (χ1) is 10.1. The Balaban J connectivity index is 2.56. The lowest BCUT2D eigenvalue weighted by Gasteiger charge is -2.21. The van der Waals surface area contributed by atoms with Crippen molar-refractivity contribution in [2.45, 2.75) is 26.4 Å². The molecule has 2 rings (SSSR count). The van der Waals surface area contributed by atoms with Crippen molar-refractivity contribution < 1.29 is 14.6 Å². The zero-order valence-corrected chi connectivity index (χ0v) is 12.4. The lowest BCUT2D eigenvalue weighted by Crippen LogP contribution is -2.21. The highest BCUT2D eigenvalue weighted by atomic mass is 16.4. The normalized spacial score (nSPS) is 12.6. The van der Waals surface area contributed by atoms with Crippen molar-refractivity contribution in [3.05, 3.63) is 40.2 Å². The van der Waals surface area contributed by atoms with Crippen LogP contribution in [0.5, 0.6) is 0 Å². The van der Waals surface area contributed by atoms with E-state index in [2.05, 4.69) is 18.7 Å². The number of aliphatic hydroxyl groups excluding tert-OH is 2. The molecule has 0 aliphatic heterocycles. The van der Waals surface area contributed by atoms with Gasteiger partial charge in [0.2, 0.25) is 0 Å². The molecule has 1 aromatic heterocycles. The Morgan fingerprint density at radius 2 is 1.95 bits per heavy atom. The highest BCUT2D eigenvalue weighted by Gasteiger charge is 2.14. The second kappa shape index (κ2) is 6.74. The van der Waals surface area contributed by atoms with E-state index in [9.17, 15) is 9.90 Å². The summed E-state index contributed by atoms with van der Waals surface area (Å²) in [5, 5.41) is 19.7. The highest BCUT2D eigenvalue weighted by molar-refractivity contribution is 5.84. The minimum absolute atomic E-state index is 0.138. The first-order valence-electron chi connectivity index (χ1n) is 7.22. The third kappa shape index (κ3) is 3.25. The van der Waals surface area contributed by atoms with Gasteiger partial charge in [-0.3, -0.25) is 0 Å². The number of hydrogen-bond donors (Lipinski definition) is 2. The number of aliphatic hydroxyl groups is 2. The van der Waals surface area contributed by atoms with E-state index >= 15 is 0 Å². The van der Waals surface area contributed by atoms with Crippen LogP contribution in [-0.2, 0) is 0 Å². The fraction of sp³-hybridized carbons (Fsp3) is 0.438. The van der Waals surface area contributed by atoms with Gasteiger partial charge in [0.05, 0.1) is 6.10 Å². The van der Waals surface area contributed by atoms with Gasteiger partial charge >= 0.3 is 5.63 Å². The van der Waals surface area contributed by atoms with Gasteiger partial charge in [-0.15, -0.1) is 0 Å². The van der Waals surface area contributed by atoms with Crippen molar-refractivity contribution in [3.63, 3.8) is 0 Å². The van der Waals surface area contributed by atoms with Crippen LogP contribution >= 0.6 is 0 Å². The smallest absolute Gasteiger partial charge is 0.336 e. The second-order valence-electron chi connectivity index (χ2n) is 4.90. The van der Waals surface area contributed by atoms with Crippen LogP contribution in [0, 0.1) is 0 Å². The average molecular weight is 291 g/mol. The third-order valence-electron chi connectivity index (χ3n) is 3.65. The van der Waals surface area contributed by atoms with Crippen LogP contribution in [0.3, 0.4) is 0 Å². The van der Waals surface area contributed by atoms with Gasteiger partial charge in [-0.1, -0.05) is 0 Å². The molecule has 1 aromatic carbocycles. The molecule has 0 aliphatic carbocycles. The molecule has 0 saturated heterocycles. The van der Waals surface area contributed by atoms with E-state index in [1.165, 1.54) is 6.07 Å². The molecular weight excluding hydrogens is 270 g/mol. The molecule has 114 valence electrons. The maximum absolute atomic E-state index is 11.7. The molecule has 0 spiro atoms. The molecule has 0 aliphatic rings. The van der Waals surface area contributed by atoms with E-state index in [-0.39, 0.29) is 13.0 Å². The van der Waals surface area contributed by atoms with Crippen LogP contribution in [0.4, 0.5) is 5.69 Å². The number of benzene rings is 1. The van der Waals surface area contributed by atoms with Gasteiger partial charge in [0, 0.05) is 49.3 Å². The monoisotopic (exact) mass is 291 g/mol. The quantitative estimate of drug-likeness (QED) is 0.797. The molecule has 5 nitrogen and oxygen atoms in total. The van der Waals surface area contributed by atoms with E-state index in [0.29, 0.717) is 16.5 Å². The van der Waals surface area contributed by atoms with Crippen LogP contribution < -0.4 is 10.5 Å². The zero-order chi connectivity index (χ0) is 15.4. The topological polar surface area (TPSA) is 73.9 Å². The summed E-state index contributed by atoms with van der Waals surface area (Å²) in [7, 11) is 0. The average Bonchev–Trinajstić information content (AvgIpc) is 2.47. The SMILES string of the molecule is CCN(CC)c1ccc2c(C(O)CCO)cc(=O)oc2c1. The van der Waals surface area contributed by atoms with Gasteiger partial charge in [-0.2, -0.15) is 0 Å². The Morgan fingerprint density at radius 3 is 2.57 bits per heavy atom. The lowest BCUT2D eigenvalue weighted by atomic mass is 10.0. The van der Waals surface area contributed by atoms with Crippen LogP contribution in [0.2, 0.25) is 0 Å². The summed E-state index contributed by atoms with van der Waals surface area (Å²) in [5.41, 5.74) is 1.44. The van der Waals surface area contributed by atoms with Crippen molar-refractivity contribution in [1.29, 1.82) is 0 Å². The van der Waals surface area contributed by atoms with Gasteiger partial charge in [-0.05, 0) is 31.5 Å². The second-order valence-corrected chi connectivity index (χ2v) is 4.90. The van der Waals surface area contributed by atoms with Gasteiger partial charge in [0.1, 0.15) is 5.58 Å². The standard InChI is InChI=1S/C16H21NO4/c1-3-17(4-2)11-5-6-12-13(14(19)7-8-18)10-16(20)21-15(12)9-11/h5-6,9-10,14,18-19H,3-4,7-8H2,1-2H3. The number of anilines is 1. The van der Waals surface area contributed by atoms with Gasteiger partial charge in [0.25, 0.3) is 0 Å². The first kappa shape index (κ1) is 15.5. The Morgan fingerprint density at radius 1 is 1.24 bits per heavy atom. The fourth-order valence-corrected chi connectivity index (χ4v) is 2.52. The summed E-state index contributed by atoms with van der Waals surface area (Å²) in [6.07, 6.45) is -0.683. The van der Waals surface area contributed by atoms with E-state index in [1.54, 1.807) is 0 Å². The Hall–Kier alpha value is -1.85. The molecule has 2 aromatic rings. The fourth-order valence-electron chi connectivity index (χ4n) is 2.52. The maximum Gasteiger partial charge on any atom is 0.336 e. The summed E-state index contributed by atoms with van der Waals surface area (Å²) in [5.74, 6) is 0. The van der Waals surface area contributed by atoms with Gasteiger partial charge < -0.3 is 19.5 Å². The van der Waals surface area contributed by atoms with E-state index in [1.807, 2.05) is 18.2 Å². The van der Waals surface area contributed by atoms with Crippen LogP contribution in [-0.4, -0.2) is 29.9 Å². The minimum Gasteiger partial charge on any atom is -0.423 e. The molecule has 0 fully saturated rings. The van der Waals surface area contributed by atoms with Gasteiger partial charge in [-0.25, -0.2) is 4.79 Å². The summed E-state index contributed by atoms with van der Waals surface area (Å²) in [4.78, 5) is 13.8. The molecule has 5 heteroatoms. The van der Waals surface area contributed by atoms with Crippen LogP contribution in [0.1, 0.15) is 31.9 Å². The van der Waals surface area contributed by atoms with Gasteiger partial charge in [0.15, 0.2) is 0 Å². The zero-order valence-electron chi connectivity index (χ0n) is 12.4. The number of hydrogen-bond acceptors (Lipinski definition) is 5. The van der Waals surface area contributed by atoms with Crippen LogP contribution in [0.15, 0.2) is 33.5 Å². The van der Waals surface area contributed by atoms with Crippen LogP contribution in [0.25, 0.3) is 11.0 Å².